The van der Waals surface area contributed by atoms with Crippen molar-refractivity contribution in [3.63, 3.8) is 0 Å². The van der Waals surface area contributed by atoms with Crippen molar-refractivity contribution in [2.24, 2.45) is 5.73 Å². The highest BCUT2D eigenvalue weighted by Crippen LogP contribution is 2.40. The van der Waals surface area contributed by atoms with E-state index in [-0.39, 0.29) is 34.4 Å². The molecule has 1 saturated heterocycles. The van der Waals surface area contributed by atoms with E-state index in [0.29, 0.717) is 11.3 Å². The molecule has 188 valence electrons. The molecule has 1 unspecified atom stereocenters. The number of alkyl halides is 1. The molecule has 1 amide bonds. The maximum absolute atomic E-state index is 12.5. The minimum absolute atomic E-state index is 0.0666. The fourth-order valence-corrected chi connectivity index (χ4v) is 5.43. The number of hydrogen-bond donors (Lipinski definition) is 2. The minimum Gasteiger partial charge on any atom is -0.497 e. The number of carbonyl (C=O) groups is 2. The van der Waals surface area contributed by atoms with Gasteiger partial charge in [0.05, 0.1) is 12.0 Å². The van der Waals surface area contributed by atoms with Crippen LogP contribution in [0.5, 0.6) is 5.75 Å². The fraction of sp³-hybridized carbons (Fsp3) is 0.304. The molecule has 2 atom stereocenters. The van der Waals surface area contributed by atoms with E-state index >= 15 is 0 Å². The molecule has 2 aliphatic heterocycles. The molecule has 0 radical (unpaired) electrons. The topological polar surface area (TPSA) is 136 Å². The van der Waals surface area contributed by atoms with Gasteiger partial charge in [0.15, 0.2) is 0 Å². The van der Waals surface area contributed by atoms with E-state index in [9.17, 15) is 18.0 Å². The molecule has 0 bridgehead atoms. The summed E-state index contributed by atoms with van der Waals surface area (Å²) in [5.74, 6) is 0.646. The highest BCUT2D eigenvalue weighted by Gasteiger charge is 2.51. The van der Waals surface area contributed by atoms with Gasteiger partial charge in [-0.25, -0.2) is 4.79 Å². The summed E-state index contributed by atoms with van der Waals surface area (Å²) in [6, 6.07) is 12.6. The third-order valence-corrected chi connectivity index (χ3v) is 7.84. The Labute approximate surface area is 213 Å². The Morgan fingerprint density at radius 3 is 2.37 bits per heavy atom. The summed E-state index contributed by atoms with van der Waals surface area (Å²) in [6.45, 7) is 1.95. The van der Waals surface area contributed by atoms with Gasteiger partial charge in [-0.15, -0.1) is 23.4 Å². The molecule has 1 fully saturated rings. The molecule has 0 aromatic heterocycles. The number of aryl methyl sites for hydroxylation is 1. The van der Waals surface area contributed by atoms with E-state index in [1.165, 1.54) is 28.8 Å². The summed E-state index contributed by atoms with van der Waals surface area (Å²) in [5.41, 5.74) is 8.50. The van der Waals surface area contributed by atoms with Crippen LogP contribution in [0.3, 0.4) is 0 Å². The number of hydrogen-bond acceptors (Lipinski definition) is 8. The van der Waals surface area contributed by atoms with Crippen LogP contribution < -0.4 is 10.5 Å². The zero-order valence-corrected chi connectivity index (χ0v) is 21.4. The van der Waals surface area contributed by atoms with Crippen LogP contribution in [-0.4, -0.2) is 59.9 Å². The van der Waals surface area contributed by atoms with Crippen LogP contribution in [0.2, 0.25) is 0 Å². The minimum atomic E-state index is -4.02. The number of β-lactam (4-membered cyclic amide) rings is 1. The average Bonchev–Trinajstić information content (AvgIpc) is 2.86. The quantitative estimate of drug-likeness (QED) is 0.245. The molecule has 2 aliphatic rings. The Bertz CT molecular complexity index is 1220. The van der Waals surface area contributed by atoms with Crippen molar-refractivity contribution < 1.29 is 32.0 Å². The molecule has 35 heavy (non-hydrogen) atoms. The summed E-state index contributed by atoms with van der Waals surface area (Å²) >= 11 is 7.44. The van der Waals surface area contributed by atoms with E-state index in [0.717, 1.165) is 16.9 Å². The van der Waals surface area contributed by atoms with Gasteiger partial charge in [0.1, 0.15) is 29.5 Å². The summed E-state index contributed by atoms with van der Waals surface area (Å²) in [5, 5.41) is -0.215. The van der Waals surface area contributed by atoms with Crippen molar-refractivity contribution in [1.82, 2.24) is 4.90 Å². The van der Waals surface area contributed by atoms with Crippen molar-refractivity contribution in [3.8, 4) is 5.75 Å². The molecule has 0 spiro atoms. The summed E-state index contributed by atoms with van der Waals surface area (Å²) in [7, 11) is -2.43. The predicted molar refractivity (Wildman–Crippen MR) is 133 cm³/mol. The first-order valence-electron chi connectivity index (χ1n) is 10.4. The number of rotatable bonds is 6. The van der Waals surface area contributed by atoms with E-state index < -0.39 is 22.1 Å². The Hall–Kier alpha value is -2.57. The van der Waals surface area contributed by atoms with Gasteiger partial charge in [0.2, 0.25) is 5.91 Å². The lowest BCUT2D eigenvalue weighted by molar-refractivity contribution is -0.151. The molecule has 2 heterocycles. The highest BCUT2D eigenvalue weighted by molar-refractivity contribution is 8.00. The van der Waals surface area contributed by atoms with Crippen LogP contribution in [0, 0.1) is 6.92 Å². The molecular formula is C23H25ClN2O7S2. The SMILES string of the molecule is COc1ccc(COC(=O)C2=C(CCl)CS[C@H]3C(N)C(=O)N23)cc1.Cc1ccc(S(=O)(=O)O)cc1. The van der Waals surface area contributed by atoms with Crippen LogP contribution in [-0.2, 0) is 31.1 Å². The standard InChI is InChI=1S/C16H17ClN2O4S.C7H8O3S/c1-22-11-4-2-9(3-5-11)7-23-16(21)13-10(6-17)8-24-15-12(18)14(20)19(13)15;1-6-2-4-7(5-3-6)11(8,9)10/h2-5,12,15H,6-8,18H2,1H3;2-5H,1H3,(H,8,9,10)/t12?,15-;/m0./s1. The Morgan fingerprint density at radius 2 is 1.83 bits per heavy atom. The number of carbonyl (C=O) groups excluding carboxylic acids is 2. The number of thioether (sulfide) groups is 1. The molecule has 9 nitrogen and oxygen atoms in total. The average molecular weight is 541 g/mol. The van der Waals surface area contributed by atoms with E-state index in [2.05, 4.69) is 0 Å². The zero-order valence-electron chi connectivity index (χ0n) is 19.0. The first-order valence-corrected chi connectivity index (χ1v) is 13.4. The molecule has 2 aromatic carbocycles. The van der Waals surface area contributed by atoms with Crippen LogP contribution >= 0.6 is 23.4 Å². The van der Waals surface area contributed by atoms with Gasteiger partial charge in [-0.05, 0) is 42.3 Å². The van der Waals surface area contributed by atoms with Crippen molar-refractivity contribution >= 4 is 45.4 Å². The molecule has 0 aliphatic carbocycles. The van der Waals surface area contributed by atoms with Crippen molar-refractivity contribution in [3.05, 3.63) is 70.9 Å². The predicted octanol–water partition coefficient (Wildman–Crippen LogP) is 2.72. The Balaban J connectivity index is 0.000000261. The van der Waals surface area contributed by atoms with Crippen molar-refractivity contribution in [2.75, 3.05) is 18.7 Å². The molecule has 4 rings (SSSR count). The number of fused-ring (bicyclic) bond motifs is 1. The fourth-order valence-electron chi connectivity index (χ4n) is 3.32. The van der Waals surface area contributed by atoms with E-state index in [1.54, 1.807) is 31.4 Å². The summed E-state index contributed by atoms with van der Waals surface area (Å²) in [6.07, 6.45) is 0. The van der Waals surface area contributed by atoms with Crippen LogP contribution in [0.15, 0.2) is 64.7 Å². The smallest absolute Gasteiger partial charge is 0.355 e. The largest absolute Gasteiger partial charge is 0.497 e. The number of amides is 1. The molecule has 0 saturated carbocycles. The first-order chi connectivity index (χ1) is 16.6. The second kappa shape index (κ2) is 11.4. The van der Waals surface area contributed by atoms with Crippen LogP contribution in [0.25, 0.3) is 0 Å². The summed E-state index contributed by atoms with van der Waals surface area (Å²) in [4.78, 5) is 25.8. The van der Waals surface area contributed by atoms with Crippen LogP contribution in [0.1, 0.15) is 11.1 Å². The third-order valence-electron chi connectivity index (χ3n) is 5.29. The lowest BCUT2D eigenvalue weighted by Gasteiger charge is -2.48. The number of nitrogens with zero attached hydrogens (tertiary/aromatic N) is 1. The zero-order chi connectivity index (χ0) is 25.8. The highest BCUT2D eigenvalue weighted by atomic mass is 35.5. The Morgan fingerprint density at radius 1 is 1.20 bits per heavy atom. The molecule has 2 aromatic rings. The van der Waals surface area contributed by atoms with Gasteiger partial charge in [-0.3, -0.25) is 14.2 Å². The molecular weight excluding hydrogens is 516 g/mol. The maximum Gasteiger partial charge on any atom is 0.355 e. The van der Waals surface area contributed by atoms with Gasteiger partial charge < -0.3 is 15.2 Å². The van der Waals surface area contributed by atoms with Crippen LogP contribution in [0.4, 0.5) is 0 Å². The summed E-state index contributed by atoms with van der Waals surface area (Å²) < 4.78 is 40.0. The lowest BCUT2D eigenvalue weighted by Crippen LogP contribution is -2.68. The van der Waals surface area contributed by atoms with Gasteiger partial charge in [-0.2, -0.15) is 8.42 Å². The van der Waals surface area contributed by atoms with Gasteiger partial charge in [0.25, 0.3) is 10.1 Å². The number of nitrogens with two attached hydrogens (primary N) is 1. The van der Waals surface area contributed by atoms with E-state index in [4.69, 9.17) is 31.4 Å². The number of halogens is 1. The normalized spacial score (nSPS) is 19.2. The van der Waals surface area contributed by atoms with Crippen molar-refractivity contribution in [2.45, 2.75) is 29.8 Å². The number of methoxy groups -OCH3 is 1. The third kappa shape index (κ3) is 6.36. The number of benzene rings is 2. The monoisotopic (exact) mass is 540 g/mol. The van der Waals surface area contributed by atoms with Gasteiger partial charge in [0, 0.05) is 11.6 Å². The van der Waals surface area contributed by atoms with Crippen molar-refractivity contribution in [1.29, 1.82) is 0 Å². The first kappa shape index (κ1) is 27.0. The second-order valence-electron chi connectivity index (χ2n) is 7.73. The van der Waals surface area contributed by atoms with Gasteiger partial charge >= 0.3 is 5.97 Å². The maximum atomic E-state index is 12.5. The Kier molecular flexibility index (Phi) is 8.84. The molecule has 3 N–H and O–H groups in total. The lowest BCUT2D eigenvalue weighted by atomic mass is 10.0. The molecule has 12 heteroatoms. The number of esters is 1. The number of ether oxygens (including phenoxy) is 2. The second-order valence-corrected chi connectivity index (χ2v) is 10.5. The van der Waals surface area contributed by atoms with E-state index in [1.807, 2.05) is 19.1 Å². The van der Waals surface area contributed by atoms with Gasteiger partial charge in [-0.1, -0.05) is 29.8 Å².